The molecule has 2 amide bonds. The lowest BCUT2D eigenvalue weighted by Gasteiger charge is -2.37. The second-order valence-electron chi connectivity index (χ2n) is 12.8. The summed E-state index contributed by atoms with van der Waals surface area (Å²) in [5.74, 6) is 2.49. The molecular formula is C32H37N7O3. The molecule has 4 heterocycles. The Morgan fingerprint density at radius 1 is 1.14 bits per heavy atom. The van der Waals surface area contributed by atoms with Crippen LogP contribution in [-0.4, -0.2) is 67.6 Å². The molecule has 4 fully saturated rings. The zero-order valence-corrected chi connectivity index (χ0v) is 24.1. The van der Waals surface area contributed by atoms with Gasteiger partial charge in [0.2, 0.25) is 5.91 Å². The van der Waals surface area contributed by atoms with Crippen molar-refractivity contribution >= 4 is 33.9 Å². The Kier molecular flexibility index (Phi) is 5.86. The molecule has 3 atom stereocenters. The van der Waals surface area contributed by atoms with E-state index in [-0.39, 0.29) is 36.0 Å². The van der Waals surface area contributed by atoms with Crippen LogP contribution in [0.25, 0.3) is 33.6 Å². The van der Waals surface area contributed by atoms with Crippen LogP contribution in [0, 0.1) is 11.8 Å². The van der Waals surface area contributed by atoms with Gasteiger partial charge in [-0.2, -0.15) is 0 Å². The van der Waals surface area contributed by atoms with Crippen LogP contribution in [0.4, 0.5) is 0 Å². The van der Waals surface area contributed by atoms with Gasteiger partial charge in [0.05, 0.1) is 18.3 Å². The monoisotopic (exact) mass is 567 g/mol. The van der Waals surface area contributed by atoms with Crippen LogP contribution in [0.2, 0.25) is 0 Å². The molecule has 3 saturated carbocycles. The maximum Gasteiger partial charge on any atom is 0.254 e. The molecule has 0 spiro atoms. The van der Waals surface area contributed by atoms with E-state index in [9.17, 15) is 9.59 Å². The number of likely N-dealkylation sites (tertiary alicyclic amines) is 1. The van der Waals surface area contributed by atoms with Gasteiger partial charge in [0.1, 0.15) is 16.9 Å². The molecule has 0 radical (unpaired) electrons. The molecule has 1 aliphatic heterocycles. The van der Waals surface area contributed by atoms with Gasteiger partial charge in [-0.25, -0.2) is 9.97 Å². The summed E-state index contributed by atoms with van der Waals surface area (Å²) in [6.45, 7) is 3.18. The minimum atomic E-state index is -0.0131. The number of amides is 2. The SMILES string of the molecule is COc1cc(C(=O)N2CC3CCC2[C@@H]3N)cc2nc(-c3cc4cccnc4n3CC3CC3)n(C3CC(NC(C)=O)C3)c12. The van der Waals surface area contributed by atoms with Gasteiger partial charge in [0, 0.05) is 61.3 Å². The number of methoxy groups -OCH3 is 1. The molecule has 1 aromatic carbocycles. The van der Waals surface area contributed by atoms with Crippen LogP contribution in [0.3, 0.4) is 0 Å². The number of carbonyl (C=O) groups excluding carboxylic acids is 2. The molecule has 3 N–H and O–H groups in total. The number of fused-ring (bicyclic) bond motifs is 4. The first kappa shape index (κ1) is 25.8. The second-order valence-corrected chi connectivity index (χ2v) is 12.8. The molecule has 4 aliphatic rings. The number of pyridine rings is 1. The van der Waals surface area contributed by atoms with E-state index in [1.165, 1.54) is 12.8 Å². The van der Waals surface area contributed by atoms with E-state index in [1.807, 2.05) is 29.3 Å². The Morgan fingerprint density at radius 2 is 1.98 bits per heavy atom. The highest BCUT2D eigenvalue weighted by Gasteiger charge is 2.47. The van der Waals surface area contributed by atoms with Crippen LogP contribution in [-0.2, 0) is 11.3 Å². The molecule has 2 bridgehead atoms. The van der Waals surface area contributed by atoms with Crippen LogP contribution in [0.5, 0.6) is 5.75 Å². The topological polar surface area (TPSA) is 120 Å². The Hall–Kier alpha value is -3.92. The molecular weight excluding hydrogens is 530 g/mol. The highest BCUT2D eigenvalue weighted by molar-refractivity contribution is 6.00. The maximum absolute atomic E-state index is 13.8. The van der Waals surface area contributed by atoms with Crippen LogP contribution >= 0.6 is 0 Å². The number of piperidine rings is 1. The van der Waals surface area contributed by atoms with Crippen molar-refractivity contribution in [2.75, 3.05) is 13.7 Å². The summed E-state index contributed by atoms with van der Waals surface area (Å²) >= 11 is 0. The zero-order chi connectivity index (χ0) is 28.7. The Labute approximate surface area is 244 Å². The first-order valence-corrected chi connectivity index (χ1v) is 15.3. The third kappa shape index (κ3) is 4.02. The highest BCUT2D eigenvalue weighted by Crippen LogP contribution is 2.44. The fourth-order valence-electron chi connectivity index (χ4n) is 7.68. The molecule has 3 aliphatic carbocycles. The van der Waals surface area contributed by atoms with Crippen molar-refractivity contribution in [1.82, 2.24) is 29.3 Å². The highest BCUT2D eigenvalue weighted by atomic mass is 16.5. The van der Waals surface area contributed by atoms with Crippen LogP contribution in [0.1, 0.15) is 61.8 Å². The first-order valence-electron chi connectivity index (χ1n) is 15.3. The third-order valence-corrected chi connectivity index (χ3v) is 10.0. The van der Waals surface area contributed by atoms with E-state index in [4.69, 9.17) is 20.4 Å². The van der Waals surface area contributed by atoms with Crippen LogP contribution < -0.4 is 15.8 Å². The van der Waals surface area contributed by atoms with Crippen molar-refractivity contribution < 1.29 is 14.3 Å². The number of imidazole rings is 1. The van der Waals surface area contributed by atoms with Gasteiger partial charge in [-0.3, -0.25) is 9.59 Å². The van der Waals surface area contributed by atoms with Gasteiger partial charge in [-0.05, 0) is 80.7 Å². The quantitative estimate of drug-likeness (QED) is 0.350. The number of carbonyl (C=O) groups is 2. The molecule has 218 valence electrons. The van der Waals surface area contributed by atoms with Gasteiger partial charge in [-0.1, -0.05) is 0 Å². The molecule has 2 unspecified atom stereocenters. The molecule has 10 nitrogen and oxygen atoms in total. The fourth-order valence-corrected chi connectivity index (χ4v) is 7.68. The summed E-state index contributed by atoms with van der Waals surface area (Å²) in [5, 5.41) is 4.15. The van der Waals surface area contributed by atoms with Crippen molar-refractivity contribution in [2.24, 2.45) is 17.6 Å². The minimum Gasteiger partial charge on any atom is -0.494 e. The largest absolute Gasteiger partial charge is 0.494 e. The smallest absolute Gasteiger partial charge is 0.254 e. The van der Waals surface area contributed by atoms with Crippen molar-refractivity contribution in [1.29, 1.82) is 0 Å². The average molecular weight is 568 g/mol. The lowest BCUT2D eigenvalue weighted by Crippen LogP contribution is -2.44. The Bertz CT molecular complexity index is 1730. The van der Waals surface area contributed by atoms with Gasteiger partial charge < -0.3 is 29.8 Å². The maximum atomic E-state index is 13.8. The van der Waals surface area contributed by atoms with Gasteiger partial charge in [0.25, 0.3) is 5.91 Å². The average Bonchev–Trinajstić information content (AvgIpc) is 3.31. The molecule has 8 rings (SSSR count). The normalized spacial score (nSPS) is 26.6. The summed E-state index contributed by atoms with van der Waals surface area (Å²) < 4.78 is 10.6. The predicted molar refractivity (Wildman–Crippen MR) is 159 cm³/mol. The first-order chi connectivity index (χ1) is 20.4. The molecule has 1 saturated heterocycles. The summed E-state index contributed by atoms with van der Waals surface area (Å²) in [7, 11) is 1.66. The summed E-state index contributed by atoms with van der Waals surface area (Å²) in [4.78, 5) is 37.6. The summed E-state index contributed by atoms with van der Waals surface area (Å²) in [6, 6.07) is 10.5. The molecule has 3 aromatic heterocycles. The molecule has 10 heteroatoms. The Morgan fingerprint density at radius 3 is 2.67 bits per heavy atom. The summed E-state index contributed by atoms with van der Waals surface area (Å²) in [5.41, 5.74) is 10.6. The number of hydrogen-bond donors (Lipinski definition) is 2. The zero-order valence-electron chi connectivity index (χ0n) is 24.1. The van der Waals surface area contributed by atoms with Gasteiger partial charge in [0.15, 0.2) is 5.82 Å². The number of hydrogen-bond acceptors (Lipinski definition) is 6. The lowest BCUT2D eigenvalue weighted by atomic mass is 9.86. The van der Waals surface area contributed by atoms with E-state index in [1.54, 1.807) is 14.0 Å². The van der Waals surface area contributed by atoms with Crippen molar-refractivity contribution in [2.45, 2.75) is 76.2 Å². The standard InChI is InChI=1S/C32H37N7O3/c1-17(40)35-22-13-23(14-22)39-29-24(10-21(12-27(29)42-2)32(41)38-16-20-7-8-25(38)28(20)33)36-31(39)26-11-19-4-3-9-34-30(19)37(26)15-18-5-6-18/h3-4,9-12,18,20,22-23,25,28H,5-8,13-16,33H2,1-2H3,(H,35,40)/t20?,22?,23?,25?,28-/m1/s1. The fraction of sp³-hybridized carbons (Fsp3) is 0.500. The van der Waals surface area contributed by atoms with Crippen molar-refractivity contribution in [3.8, 4) is 17.3 Å². The van der Waals surface area contributed by atoms with Crippen molar-refractivity contribution in [3.63, 3.8) is 0 Å². The van der Waals surface area contributed by atoms with E-state index in [0.717, 1.165) is 65.8 Å². The number of rotatable bonds is 7. The number of benzene rings is 1. The van der Waals surface area contributed by atoms with Gasteiger partial charge in [-0.15, -0.1) is 0 Å². The van der Waals surface area contributed by atoms with Crippen molar-refractivity contribution in [3.05, 3.63) is 42.1 Å². The number of ether oxygens (including phenoxy) is 1. The van der Waals surface area contributed by atoms with Crippen LogP contribution in [0.15, 0.2) is 36.5 Å². The van der Waals surface area contributed by atoms with E-state index in [2.05, 4.69) is 26.6 Å². The van der Waals surface area contributed by atoms with E-state index in [0.29, 0.717) is 29.7 Å². The molecule has 4 aromatic rings. The lowest BCUT2D eigenvalue weighted by molar-refractivity contribution is -0.120. The summed E-state index contributed by atoms with van der Waals surface area (Å²) in [6.07, 6.45) is 7.97. The predicted octanol–water partition coefficient (Wildman–Crippen LogP) is 3.87. The minimum absolute atomic E-state index is 0.00429. The number of nitrogens with zero attached hydrogens (tertiary/aromatic N) is 5. The number of nitrogens with two attached hydrogens (primary N) is 1. The third-order valence-electron chi connectivity index (χ3n) is 10.0. The Balaban J connectivity index is 1.27. The van der Waals surface area contributed by atoms with E-state index >= 15 is 0 Å². The molecule has 42 heavy (non-hydrogen) atoms. The number of nitrogens with one attached hydrogen (secondary N) is 1. The van der Waals surface area contributed by atoms with E-state index < -0.39 is 0 Å². The van der Waals surface area contributed by atoms with Gasteiger partial charge >= 0.3 is 0 Å². The second kappa shape index (κ2) is 9.55. The number of aromatic nitrogens is 4.